The summed E-state index contributed by atoms with van der Waals surface area (Å²) in [5, 5.41) is 0.817. The molecular weight excluding hydrogens is 154 g/mol. The highest BCUT2D eigenvalue weighted by Crippen LogP contribution is 2.19. The highest BCUT2D eigenvalue weighted by molar-refractivity contribution is 6.00. The Labute approximate surface area is 68.4 Å². The average Bonchev–Trinajstić information content (AvgIpc) is 2.54. The molecule has 0 atom stereocenters. The van der Waals surface area contributed by atoms with Crippen LogP contribution in [-0.2, 0) is 0 Å². The molecule has 2 rings (SSSR count). The molecule has 0 fully saturated rings. The zero-order valence-electron chi connectivity index (χ0n) is 6.24. The molecular formula is C8H7N3O. The highest BCUT2D eigenvalue weighted by Gasteiger charge is 2.04. The zero-order valence-corrected chi connectivity index (χ0v) is 6.24. The molecule has 0 aliphatic rings. The van der Waals surface area contributed by atoms with Crippen LogP contribution in [0.15, 0.2) is 18.5 Å². The Morgan fingerprint density at radius 1 is 1.58 bits per heavy atom. The first-order valence-electron chi connectivity index (χ1n) is 3.49. The minimum absolute atomic E-state index is 0.417. The van der Waals surface area contributed by atoms with Gasteiger partial charge in [-0.3, -0.25) is 4.79 Å². The van der Waals surface area contributed by atoms with E-state index in [2.05, 4.69) is 9.97 Å². The molecule has 0 aliphatic heterocycles. The number of aromatic amines is 1. The Kier molecular flexibility index (Phi) is 1.33. The van der Waals surface area contributed by atoms with Gasteiger partial charge in [0.15, 0.2) is 6.29 Å². The van der Waals surface area contributed by atoms with E-state index < -0.39 is 0 Å². The largest absolute Gasteiger partial charge is 0.382 e. The molecule has 2 aromatic rings. The average molecular weight is 161 g/mol. The van der Waals surface area contributed by atoms with Gasteiger partial charge in [-0.15, -0.1) is 0 Å². The van der Waals surface area contributed by atoms with Gasteiger partial charge in [-0.1, -0.05) is 0 Å². The number of carbonyl (C=O) groups excluding carboxylic acids is 1. The lowest BCUT2D eigenvalue weighted by Crippen LogP contribution is -1.93. The summed E-state index contributed by atoms with van der Waals surface area (Å²) < 4.78 is 0. The summed E-state index contributed by atoms with van der Waals surface area (Å²) in [6, 6.07) is 1.80. The molecule has 0 spiro atoms. The lowest BCUT2D eigenvalue weighted by atomic mass is 10.2. The third-order valence-corrected chi connectivity index (χ3v) is 1.78. The first-order chi connectivity index (χ1) is 5.83. The van der Waals surface area contributed by atoms with Crippen molar-refractivity contribution in [1.82, 2.24) is 9.97 Å². The first-order valence-corrected chi connectivity index (χ1v) is 3.49. The molecule has 0 radical (unpaired) electrons. The number of aromatic nitrogens is 2. The van der Waals surface area contributed by atoms with Gasteiger partial charge in [0.25, 0.3) is 0 Å². The zero-order chi connectivity index (χ0) is 8.55. The van der Waals surface area contributed by atoms with E-state index in [-0.39, 0.29) is 0 Å². The van der Waals surface area contributed by atoms with E-state index >= 15 is 0 Å². The number of aldehydes is 1. The van der Waals surface area contributed by atoms with E-state index in [0.717, 1.165) is 17.2 Å². The molecule has 4 nitrogen and oxygen atoms in total. The smallest absolute Gasteiger partial charge is 0.152 e. The van der Waals surface area contributed by atoms with Gasteiger partial charge < -0.3 is 10.7 Å². The lowest BCUT2D eigenvalue weighted by Gasteiger charge is -1.96. The van der Waals surface area contributed by atoms with Crippen LogP contribution in [0, 0.1) is 0 Å². The monoisotopic (exact) mass is 161 g/mol. The van der Waals surface area contributed by atoms with Crippen LogP contribution < -0.4 is 5.73 Å². The fourth-order valence-corrected chi connectivity index (χ4v) is 1.19. The van der Waals surface area contributed by atoms with Crippen LogP contribution in [0.4, 0.5) is 5.82 Å². The number of nitrogen functional groups attached to an aromatic ring is 1. The van der Waals surface area contributed by atoms with Crippen LogP contribution in [-0.4, -0.2) is 16.3 Å². The second-order valence-corrected chi connectivity index (χ2v) is 2.48. The summed E-state index contributed by atoms with van der Waals surface area (Å²) in [7, 11) is 0. The number of hydrogen-bond acceptors (Lipinski definition) is 3. The molecule has 0 saturated carbocycles. The van der Waals surface area contributed by atoms with Crippen LogP contribution >= 0.6 is 0 Å². The molecule has 0 amide bonds. The van der Waals surface area contributed by atoms with Crippen molar-refractivity contribution in [2.75, 3.05) is 5.73 Å². The Morgan fingerprint density at radius 3 is 3.17 bits per heavy atom. The molecule has 0 unspecified atom stereocenters. The van der Waals surface area contributed by atoms with Gasteiger partial charge in [0, 0.05) is 23.3 Å². The number of anilines is 1. The number of nitrogens with zero attached hydrogens (tertiary/aromatic N) is 1. The highest BCUT2D eigenvalue weighted by atomic mass is 16.1. The van der Waals surface area contributed by atoms with Gasteiger partial charge in [0.05, 0.1) is 5.52 Å². The molecule has 60 valence electrons. The minimum Gasteiger partial charge on any atom is -0.382 e. The van der Waals surface area contributed by atoms with Gasteiger partial charge in [-0.25, -0.2) is 4.98 Å². The number of carbonyl (C=O) groups is 1. The molecule has 4 heteroatoms. The molecule has 12 heavy (non-hydrogen) atoms. The number of fused-ring (bicyclic) bond motifs is 1. The maximum absolute atomic E-state index is 10.5. The van der Waals surface area contributed by atoms with Gasteiger partial charge in [-0.2, -0.15) is 0 Å². The van der Waals surface area contributed by atoms with Crippen molar-refractivity contribution in [2.45, 2.75) is 0 Å². The summed E-state index contributed by atoms with van der Waals surface area (Å²) >= 11 is 0. The summed E-state index contributed by atoms with van der Waals surface area (Å²) in [4.78, 5) is 17.3. The van der Waals surface area contributed by atoms with E-state index in [4.69, 9.17) is 5.73 Å². The van der Waals surface area contributed by atoms with Crippen molar-refractivity contribution in [1.29, 1.82) is 0 Å². The normalized spacial score (nSPS) is 10.3. The summed E-state index contributed by atoms with van der Waals surface area (Å²) in [6.45, 7) is 0. The number of hydrogen-bond donors (Lipinski definition) is 2. The Hall–Kier alpha value is -1.84. The third kappa shape index (κ3) is 0.780. The molecule has 0 aromatic carbocycles. The second kappa shape index (κ2) is 2.34. The Bertz CT molecular complexity index is 433. The molecule has 2 aromatic heterocycles. The summed E-state index contributed by atoms with van der Waals surface area (Å²) in [5.74, 6) is 0.417. The van der Waals surface area contributed by atoms with Crippen molar-refractivity contribution in [2.24, 2.45) is 0 Å². The van der Waals surface area contributed by atoms with Crippen molar-refractivity contribution >= 4 is 23.0 Å². The molecule has 2 heterocycles. The number of pyridine rings is 1. The number of nitrogens with two attached hydrogens (primary N) is 1. The third-order valence-electron chi connectivity index (χ3n) is 1.78. The van der Waals surface area contributed by atoms with Gasteiger partial charge in [0.1, 0.15) is 5.82 Å². The number of H-pyrrole nitrogens is 1. The first kappa shape index (κ1) is 6.84. The van der Waals surface area contributed by atoms with Crippen LogP contribution in [0.25, 0.3) is 10.9 Å². The van der Waals surface area contributed by atoms with Gasteiger partial charge >= 0.3 is 0 Å². The summed E-state index contributed by atoms with van der Waals surface area (Å²) in [6.07, 6.45) is 3.97. The topological polar surface area (TPSA) is 71.8 Å². The van der Waals surface area contributed by atoms with Crippen LogP contribution in [0.3, 0.4) is 0 Å². The standard InChI is InChI=1S/C8H7N3O/c9-8-7-6(1-2-10-7)5(4-12)3-11-8/h1-4,10H,(H2,9,11). The van der Waals surface area contributed by atoms with Crippen molar-refractivity contribution in [3.63, 3.8) is 0 Å². The number of nitrogens with one attached hydrogen (secondary N) is 1. The fourth-order valence-electron chi connectivity index (χ4n) is 1.19. The Morgan fingerprint density at radius 2 is 2.42 bits per heavy atom. The quantitative estimate of drug-likeness (QED) is 0.612. The fraction of sp³-hybridized carbons (Fsp3) is 0. The van der Waals surface area contributed by atoms with E-state index in [9.17, 15) is 4.79 Å². The van der Waals surface area contributed by atoms with Crippen LogP contribution in [0.5, 0.6) is 0 Å². The maximum atomic E-state index is 10.5. The minimum atomic E-state index is 0.417. The van der Waals surface area contributed by atoms with Crippen molar-refractivity contribution in [3.8, 4) is 0 Å². The molecule has 0 saturated heterocycles. The van der Waals surface area contributed by atoms with E-state index in [1.807, 2.05) is 0 Å². The molecule has 0 bridgehead atoms. The SMILES string of the molecule is Nc1ncc(C=O)c2cc[nH]c12. The Balaban J connectivity index is 2.91. The maximum Gasteiger partial charge on any atom is 0.152 e. The van der Waals surface area contributed by atoms with Crippen LogP contribution in [0.2, 0.25) is 0 Å². The van der Waals surface area contributed by atoms with E-state index in [0.29, 0.717) is 11.4 Å². The van der Waals surface area contributed by atoms with Crippen molar-refractivity contribution < 1.29 is 4.79 Å². The van der Waals surface area contributed by atoms with E-state index in [1.54, 1.807) is 12.3 Å². The van der Waals surface area contributed by atoms with Crippen LogP contribution in [0.1, 0.15) is 10.4 Å². The predicted octanol–water partition coefficient (Wildman–Crippen LogP) is 0.958. The van der Waals surface area contributed by atoms with Gasteiger partial charge in [0.2, 0.25) is 0 Å². The predicted molar refractivity (Wildman–Crippen MR) is 45.9 cm³/mol. The molecule has 0 aliphatic carbocycles. The van der Waals surface area contributed by atoms with Gasteiger partial charge in [-0.05, 0) is 6.07 Å². The number of rotatable bonds is 1. The second-order valence-electron chi connectivity index (χ2n) is 2.48. The summed E-state index contributed by atoms with van der Waals surface area (Å²) in [5.41, 5.74) is 6.84. The van der Waals surface area contributed by atoms with Crippen molar-refractivity contribution in [3.05, 3.63) is 24.0 Å². The molecule has 3 N–H and O–H groups in total. The van der Waals surface area contributed by atoms with E-state index in [1.165, 1.54) is 6.20 Å². The lowest BCUT2D eigenvalue weighted by molar-refractivity contribution is 0.112.